The minimum absolute atomic E-state index is 0.0358. The fourth-order valence-electron chi connectivity index (χ4n) is 3.11. The average molecular weight is 307 g/mol. The van der Waals surface area contributed by atoms with E-state index in [1.165, 1.54) is 5.69 Å². The van der Waals surface area contributed by atoms with Gasteiger partial charge in [-0.15, -0.1) is 0 Å². The molecular weight excluding hydrogens is 290 g/mol. The van der Waals surface area contributed by atoms with Crippen LogP contribution in [0.2, 0.25) is 0 Å². The lowest BCUT2D eigenvalue weighted by atomic mass is 10.1. The van der Waals surface area contributed by atoms with Gasteiger partial charge in [0.2, 0.25) is 0 Å². The summed E-state index contributed by atoms with van der Waals surface area (Å²) in [6.45, 7) is 3.61. The third-order valence-electron chi connectivity index (χ3n) is 4.36. The fraction of sp³-hybridized carbons (Fsp3) is 0.235. The number of aromatic nitrogens is 4. The number of amides is 1. The molecule has 23 heavy (non-hydrogen) atoms. The summed E-state index contributed by atoms with van der Waals surface area (Å²) in [6.07, 6.45) is 8.91. The predicted octanol–water partition coefficient (Wildman–Crippen LogP) is 2.29. The molecule has 1 atom stereocenters. The average Bonchev–Trinajstić information content (AvgIpc) is 3.26. The molecule has 0 N–H and O–H groups in total. The lowest BCUT2D eigenvalue weighted by molar-refractivity contribution is 0.0644. The zero-order valence-electron chi connectivity index (χ0n) is 12.8. The number of rotatable bonds is 2. The Bertz CT molecular complexity index is 836. The van der Waals surface area contributed by atoms with Crippen LogP contribution in [0.5, 0.6) is 0 Å². The van der Waals surface area contributed by atoms with Crippen molar-refractivity contribution >= 4 is 5.91 Å². The van der Waals surface area contributed by atoms with Crippen LogP contribution in [0.3, 0.4) is 0 Å². The summed E-state index contributed by atoms with van der Waals surface area (Å²) >= 11 is 0. The summed E-state index contributed by atoms with van der Waals surface area (Å²) in [6, 6.07) is 7.75. The number of fused-ring (bicyclic) bond motifs is 1. The first kappa shape index (κ1) is 13.8. The van der Waals surface area contributed by atoms with Gasteiger partial charge < -0.3 is 9.47 Å². The standard InChI is InChI=1S/C17H17N5O/c1-13-15-3-2-7-20(15)9-10-22(13)17(23)14-4-5-19-16(11-14)21-8-6-18-12-21/h2-8,11-13H,9-10H2,1H3/t13-/m0/s1. The van der Waals surface area contributed by atoms with Crippen molar-refractivity contribution in [1.82, 2.24) is 24.0 Å². The zero-order chi connectivity index (χ0) is 15.8. The second-order valence-electron chi connectivity index (χ2n) is 5.67. The molecule has 0 aromatic carbocycles. The molecule has 0 saturated carbocycles. The Morgan fingerprint density at radius 1 is 1.22 bits per heavy atom. The first-order valence-electron chi connectivity index (χ1n) is 7.64. The van der Waals surface area contributed by atoms with Gasteiger partial charge in [-0.05, 0) is 31.2 Å². The number of imidazole rings is 1. The molecule has 0 bridgehead atoms. The van der Waals surface area contributed by atoms with Crippen molar-refractivity contribution in [1.29, 1.82) is 0 Å². The highest BCUT2D eigenvalue weighted by atomic mass is 16.2. The topological polar surface area (TPSA) is 56.0 Å². The maximum Gasteiger partial charge on any atom is 0.254 e. The highest BCUT2D eigenvalue weighted by Crippen LogP contribution is 2.27. The molecule has 6 heteroatoms. The number of hydrogen-bond acceptors (Lipinski definition) is 3. The molecule has 116 valence electrons. The number of hydrogen-bond donors (Lipinski definition) is 0. The van der Waals surface area contributed by atoms with Gasteiger partial charge in [0, 0.05) is 49.1 Å². The molecule has 0 unspecified atom stereocenters. The Morgan fingerprint density at radius 2 is 2.13 bits per heavy atom. The highest BCUT2D eigenvalue weighted by Gasteiger charge is 2.28. The minimum atomic E-state index is 0.0358. The molecule has 0 spiro atoms. The molecule has 1 amide bonds. The van der Waals surface area contributed by atoms with E-state index in [-0.39, 0.29) is 11.9 Å². The summed E-state index contributed by atoms with van der Waals surface area (Å²) in [7, 11) is 0. The van der Waals surface area contributed by atoms with E-state index in [1.54, 1.807) is 29.4 Å². The van der Waals surface area contributed by atoms with Crippen LogP contribution in [-0.2, 0) is 6.54 Å². The SMILES string of the molecule is C[C@H]1c2cccn2CCN1C(=O)c1ccnc(-n2ccnc2)c1. The van der Waals surface area contributed by atoms with Crippen LogP contribution in [0.15, 0.2) is 55.4 Å². The Labute approximate surface area is 134 Å². The van der Waals surface area contributed by atoms with Crippen LogP contribution in [0, 0.1) is 0 Å². The minimum Gasteiger partial charge on any atom is -0.348 e. The quantitative estimate of drug-likeness (QED) is 0.730. The summed E-state index contributed by atoms with van der Waals surface area (Å²) in [4.78, 5) is 23.2. The second-order valence-corrected chi connectivity index (χ2v) is 5.67. The molecule has 0 saturated heterocycles. The van der Waals surface area contributed by atoms with Gasteiger partial charge in [-0.3, -0.25) is 9.36 Å². The molecule has 4 heterocycles. The zero-order valence-corrected chi connectivity index (χ0v) is 12.8. The van der Waals surface area contributed by atoms with Crippen LogP contribution in [0.4, 0.5) is 0 Å². The van der Waals surface area contributed by atoms with Crippen molar-refractivity contribution < 1.29 is 4.79 Å². The van der Waals surface area contributed by atoms with Crippen molar-refractivity contribution in [2.75, 3.05) is 6.54 Å². The molecule has 6 nitrogen and oxygen atoms in total. The lowest BCUT2D eigenvalue weighted by Crippen LogP contribution is -2.40. The number of carbonyl (C=O) groups is 1. The van der Waals surface area contributed by atoms with Crippen LogP contribution in [-0.4, -0.2) is 36.5 Å². The van der Waals surface area contributed by atoms with Crippen molar-refractivity contribution in [3.8, 4) is 5.82 Å². The Morgan fingerprint density at radius 3 is 2.96 bits per heavy atom. The maximum absolute atomic E-state index is 12.9. The van der Waals surface area contributed by atoms with Gasteiger partial charge in [0.1, 0.15) is 12.1 Å². The van der Waals surface area contributed by atoms with E-state index in [0.29, 0.717) is 17.9 Å². The first-order valence-corrected chi connectivity index (χ1v) is 7.64. The molecule has 4 rings (SSSR count). The third-order valence-corrected chi connectivity index (χ3v) is 4.36. The van der Waals surface area contributed by atoms with Gasteiger partial charge in [-0.1, -0.05) is 0 Å². The van der Waals surface area contributed by atoms with Crippen LogP contribution >= 0.6 is 0 Å². The summed E-state index contributed by atoms with van der Waals surface area (Å²) < 4.78 is 4.00. The van der Waals surface area contributed by atoms with Gasteiger partial charge in [-0.25, -0.2) is 9.97 Å². The number of pyridine rings is 1. The molecule has 1 aliphatic heterocycles. The monoisotopic (exact) mass is 307 g/mol. The molecule has 1 aliphatic rings. The van der Waals surface area contributed by atoms with E-state index in [0.717, 1.165) is 6.54 Å². The third kappa shape index (κ3) is 2.32. The van der Waals surface area contributed by atoms with Crippen LogP contribution in [0.25, 0.3) is 5.82 Å². The van der Waals surface area contributed by atoms with Gasteiger partial charge in [0.15, 0.2) is 0 Å². The van der Waals surface area contributed by atoms with E-state index in [9.17, 15) is 4.79 Å². The molecule has 0 fully saturated rings. The molecule has 3 aromatic rings. The van der Waals surface area contributed by atoms with E-state index in [4.69, 9.17) is 0 Å². The summed E-state index contributed by atoms with van der Waals surface area (Å²) in [5, 5.41) is 0. The number of carbonyl (C=O) groups excluding carboxylic acids is 1. The maximum atomic E-state index is 12.9. The summed E-state index contributed by atoms with van der Waals surface area (Å²) in [5.74, 6) is 0.732. The van der Waals surface area contributed by atoms with Gasteiger partial charge in [-0.2, -0.15) is 0 Å². The molecular formula is C17H17N5O. The largest absolute Gasteiger partial charge is 0.348 e. The van der Waals surface area contributed by atoms with E-state index in [1.807, 2.05) is 23.2 Å². The summed E-state index contributed by atoms with van der Waals surface area (Å²) in [5.41, 5.74) is 1.82. The van der Waals surface area contributed by atoms with Crippen LogP contribution < -0.4 is 0 Å². The van der Waals surface area contributed by atoms with E-state index >= 15 is 0 Å². The fourth-order valence-corrected chi connectivity index (χ4v) is 3.11. The van der Waals surface area contributed by atoms with E-state index in [2.05, 4.69) is 33.7 Å². The van der Waals surface area contributed by atoms with Crippen LogP contribution in [0.1, 0.15) is 29.0 Å². The normalized spacial score (nSPS) is 17.1. The van der Waals surface area contributed by atoms with E-state index < -0.39 is 0 Å². The molecule has 0 aliphatic carbocycles. The van der Waals surface area contributed by atoms with Crippen molar-refractivity contribution in [2.24, 2.45) is 0 Å². The van der Waals surface area contributed by atoms with Crippen molar-refractivity contribution in [3.63, 3.8) is 0 Å². The Hall–Kier alpha value is -2.89. The predicted molar refractivity (Wildman–Crippen MR) is 85.2 cm³/mol. The Balaban J connectivity index is 1.64. The highest BCUT2D eigenvalue weighted by molar-refractivity contribution is 5.94. The van der Waals surface area contributed by atoms with Gasteiger partial charge in [0.05, 0.1) is 6.04 Å². The van der Waals surface area contributed by atoms with Crippen molar-refractivity contribution in [3.05, 3.63) is 66.6 Å². The Kier molecular flexibility index (Phi) is 3.22. The molecule has 3 aromatic heterocycles. The number of nitrogens with zero attached hydrogens (tertiary/aromatic N) is 5. The molecule has 0 radical (unpaired) electrons. The van der Waals surface area contributed by atoms with Gasteiger partial charge in [0.25, 0.3) is 5.91 Å². The smallest absolute Gasteiger partial charge is 0.254 e. The second kappa shape index (κ2) is 5.39. The first-order chi connectivity index (χ1) is 11.2. The van der Waals surface area contributed by atoms with Crippen molar-refractivity contribution in [2.45, 2.75) is 19.5 Å². The van der Waals surface area contributed by atoms with Gasteiger partial charge >= 0.3 is 0 Å². The lowest BCUT2D eigenvalue weighted by Gasteiger charge is -2.35.